The predicted octanol–water partition coefficient (Wildman–Crippen LogP) is 2.12. The molecule has 0 aliphatic carbocycles. The molecule has 0 saturated heterocycles. The zero-order valence-electron chi connectivity index (χ0n) is 6.30. The lowest BCUT2D eigenvalue weighted by Crippen LogP contribution is -2.05. The van der Waals surface area contributed by atoms with E-state index >= 15 is 0 Å². The minimum atomic E-state index is -0.723. The van der Waals surface area contributed by atoms with Crippen LogP contribution in [0.5, 0.6) is 0 Å². The summed E-state index contributed by atoms with van der Waals surface area (Å²) >= 11 is 10.8. The van der Waals surface area contributed by atoms with Crippen LogP contribution in [0, 0.1) is 0 Å². The number of rotatable bonds is 3. The van der Waals surface area contributed by atoms with Crippen molar-refractivity contribution in [3.05, 3.63) is 0 Å². The van der Waals surface area contributed by atoms with Gasteiger partial charge in [-0.1, -0.05) is 35.3 Å². The van der Waals surface area contributed by atoms with Crippen LogP contribution in [0.4, 0.5) is 0 Å². The Bertz CT molecular complexity index is 168. The summed E-state index contributed by atoms with van der Waals surface area (Å²) in [6.07, 6.45) is 0.284. The van der Waals surface area contributed by atoms with Crippen molar-refractivity contribution in [1.82, 2.24) is 0 Å². The molecule has 0 radical (unpaired) electrons. The van der Waals surface area contributed by atoms with Crippen molar-refractivity contribution in [3.8, 4) is 0 Å². The quantitative estimate of drug-likeness (QED) is 0.301. The summed E-state index contributed by atoms with van der Waals surface area (Å²) in [6.45, 7) is 3.25. The maximum atomic E-state index is 10.5. The van der Waals surface area contributed by atoms with Gasteiger partial charge >= 0.3 is 5.97 Å². The number of carbonyl (C=O) groups excluding carboxylic acids is 1. The van der Waals surface area contributed by atoms with Gasteiger partial charge in [-0.15, -0.1) is 0 Å². The molecule has 0 aromatic rings. The largest absolute Gasteiger partial charge is 0.334 e. The van der Waals surface area contributed by atoms with Crippen molar-refractivity contribution in [3.63, 3.8) is 0 Å². The highest BCUT2D eigenvalue weighted by atomic mass is 35.5. The summed E-state index contributed by atoms with van der Waals surface area (Å²) in [5, 5.41) is 3.40. The molecule has 11 heavy (non-hydrogen) atoms. The van der Waals surface area contributed by atoms with Gasteiger partial charge in [-0.25, -0.2) is 4.79 Å². The maximum Gasteiger partial charge on any atom is 0.334 e. The number of hydrogen-bond donors (Lipinski definition) is 0. The molecule has 0 amide bonds. The van der Waals surface area contributed by atoms with E-state index in [9.17, 15) is 4.79 Å². The second-order valence-corrected chi connectivity index (χ2v) is 2.95. The third-order valence-corrected chi connectivity index (χ3v) is 1.53. The van der Waals surface area contributed by atoms with Crippen LogP contribution in [0.15, 0.2) is 5.16 Å². The minimum absolute atomic E-state index is 0.284. The van der Waals surface area contributed by atoms with Gasteiger partial charge in [0.1, 0.15) is 4.84 Å². The van der Waals surface area contributed by atoms with Gasteiger partial charge < -0.3 is 4.84 Å². The van der Waals surface area contributed by atoms with Crippen LogP contribution in [0.3, 0.4) is 0 Å². The van der Waals surface area contributed by atoms with E-state index in [0.29, 0.717) is 5.71 Å². The van der Waals surface area contributed by atoms with Crippen molar-refractivity contribution < 1.29 is 9.63 Å². The first kappa shape index (κ1) is 10.7. The lowest BCUT2D eigenvalue weighted by Gasteiger charge is -1.98. The molecule has 0 aliphatic rings. The minimum Gasteiger partial charge on any atom is -0.318 e. The van der Waals surface area contributed by atoms with Crippen molar-refractivity contribution in [2.75, 3.05) is 0 Å². The highest BCUT2D eigenvalue weighted by Crippen LogP contribution is 2.04. The normalized spacial score (nSPS) is 11.9. The summed E-state index contributed by atoms with van der Waals surface area (Å²) in [7, 11) is 0. The first-order chi connectivity index (χ1) is 5.07. The molecule has 0 heterocycles. The topological polar surface area (TPSA) is 38.7 Å². The average Bonchev–Trinajstić information content (AvgIpc) is 1.99. The monoisotopic (exact) mass is 197 g/mol. The summed E-state index contributed by atoms with van der Waals surface area (Å²) < 4.78 is 0. The third kappa shape index (κ3) is 5.04. The Morgan fingerprint density at radius 2 is 2.18 bits per heavy atom. The predicted molar refractivity (Wildman–Crippen MR) is 45.0 cm³/mol. The second kappa shape index (κ2) is 5.38. The van der Waals surface area contributed by atoms with E-state index in [2.05, 4.69) is 9.99 Å². The van der Waals surface area contributed by atoms with Crippen molar-refractivity contribution >= 4 is 34.9 Å². The summed E-state index contributed by atoms with van der Waals surface area (Å²) in [5.74, 6) is -0.404. The molecule has 0 spiro atoms. The fourth-order valence-corrected chi connectivity index (χ4v) is 0.307. The lowest BCUT2D eigenvalue weighted by molar-refractivity contribution is -0.143. The number of oxime groups is 1. The van der Waals surface area contributed by atoms with Gasteiger partial charge in [-0.3, -0.25) is 0 Å². The van der Waals surface area contributed by atoms with Gasteiger partial charge in [-0.2, -0.15) is 0 Å². The Balaban J connectivity index is 3.82. The van der Waals surface area contributed by atoms with Crippen molar-refractivity contribution in [2.45, 2.75) is 25.1 Å². The zero-order chi connectivity index (χ0) is 8.85. The molecular weight excluding hydrogens is 189 g/mol. The SMILES string of the molecule is CCC(=O)ON=C(C)C(Cl)Cl. The summed E-state index contributed by atoms with van der Waals surface area (Å²) in [6, 6.07) is 0. The van der Waals surface area contributed by atoms with Crippen LogP contribution in [0.25, 0.3) is 0 Å². The summed E-state index contributed by atoms with van der Waals surface area (Å²) in [4.78, 5) is 14.2. The van der Waals surface area contributed by atoms with E-state index in [1.165, 1.54) is 0 Å². The average molecular weight is 198 g/mol. The Labute approximate surface area is 75.3 Å². The van der Waals surface area contributed by atoms with Gasteiger partial charge in [0.25, 0.3) is 0 Å². The summed E-state index contributed by atoms with van der Waals surface area (Å²) in [5.41, 5.74) is 0.370. The molecule has 0 saturated carbocycles. The molecule has 0 aromatic carbocycles. The van der Waals surface area contributed by atoms with E-state index in [1.807, 2.05) is 0 Å². The van der Waals surface area contributed by atoms with Crippen LogP contribution in [-0.2, 0) is 9.63 Å². The van der Waals surface area contributed by atoms with Gasteiger partial charge in [0.2, 0.25) is 0 Å². The molecule has 0 atom stereocenters. The molecule has 0 fully saturated rings. The number of nitrogens with zero attached hydrogens (tertiary/aromatic N) is 1. The Morgan fingerprint density at radius 3 is 2.55 bits per heavy atom. The van der Waals surface area contributed by atoms with E-state index in [-0.39, 0.29) is 6.42 Å². The molecule has 0 bridgehead atoms. The molecule has 0 unspecified atom stereocenters. The molecule has 64 valence electrons. The van der Waals surface area contributed by atoms with Gasteiger partial charge in [-0.05, 0) is 6.92 Å². The second-order valence-electron chi connectivity index (χ2n) is 1.85. The van der Waals surface area contributed by atoms with Crippen LogP contribution in [0.1, 0.15) is 20.3 Å². The smallest absolute Gasteiger partial charge is 0.318 e. The van der Waals surface area contributed by atoms with Crippen LogP contribution in [0.2, 0.25) is 0 Å². The van der Waals surface area contributed by atoms with E-state index in [1.54, 1.807) is 13.8 Å². The number of halogens is 2. The fourth-order valence-electron chi connectivity index (χ4n) is 0.227. The highest BCUT2D eigenvalue weighted by molar-refractivity contribution is 6.54. The van der Waals surface area contributed by atoms with E-state index in [4.69, 9.17) is 23.2 Å². The number of hydrogen-bond acceptors (Lipinski definition) is 3. The molecule has 0 rings (SSSR count). The van der Waals surface area contributed by atoms with Crippen molar-refractivity contribution in [2.24, 2.45) is 5.16 Å². The van der Waals surface area contributed by atoms with Gasteiger partial charge in [0.05, 0.1) is 5.71 Å². The molecular formula is C6H9Cl2NO2. The highest BCUT2D eigenvalue weighted by Gasteiger charge is 2.04. The van der Waals surface area contributed by atoms with E-state index < -0.39 is 10.8 Å². The third-order valence-electron chi connectivity index (χ3n) is 0.896. The molecule has 0 aromatic heterocycles. The number of alkyl halides is 2. The van der Waals surface area contributed by atoms with Gasteiger partial charge in [0, 0.05) is 6.42 Å². The zero-order valence-corrected chi connectivity index (χ0v) is 7.82. The molecule has 0 N–H and O–H groups in total. The molecule has 0 aliphatic heterocycles. The van der Waals surface area contributed by atoms with Crippen LogP contribution < -0.4 is 0 Å². The van der Waals surface area contributed by atoms with Gasteiger partial charge in [0.15, 0.2) is 0 Å². The Kier molecular flexibility index (Phi) is 5.24. The van der Waals surface area contributed by atoms with E-state index in [0.717, 1.165) is 0 Å². The number of carbonyl (C=O) groups is 1. The van der Waals surface area contributed by atoms with Crippen LogP contribution >= 0.6 is 23.2 Å². The molecule has 3 nitrogen and oxygen atoms in total. The molecule has 5 heteroatoms. The van der Waals surface area contributed by atoms with Crippen LogP contribution in [-0.4, -0.2) is 16.5 Å². The first-order valence-electron chi connectivity index (χ1n) is 3.10. The maximum absolute atomic E-state index is 10.5. The standard InChI is InChI=1S/C6H9Cl2NO2/c1-3-5(10)11-9-4(2)6(7)8/h6H,3H2,1-2H3. The Morgan fingerprint density at radius 1 is 1.64 bits per heavy atom. The van der Waals surface area contributed by atoms with Crippen molar-refractivity contribution in [1.29, 1.82) is 0 Å². The first-order valence-corrected chi connectivity index (χ1v) is 3.97. The lowest BCUT2D eigenvalue weighted by atomic mass is 10.5. The fraction of sp³-hybridized carbons (Fsp3) is 0.667. The Hall–Kier alpha value is -0.280.